The first kappa shape index (κ1) is 21.2. The van der Waals surface area contributed by atoms with Crippen molar-refractivity contribution >= 4 is 22.7 Å². The maximum atomic E-state index is 12.9. The minimum absolute atomic E-state index is 0.0433. The van der Waals surface area contributed by atoms with Crippen LogP contribution in [0.1, 0.15) is 47.8 Å². The van der Waals surface area contributed by atoms with Gasteiger partial charge in [0.15, 0.2) is 18.1 Å². The predicted octanol–water partition coefficient (Wildman–Crippen LogP) is 3.44. The van der Waals surface area contributed by atoms with Crippen LogP contribution in [0.2, 0.25) is 0 Å². The van der Waals surface area contributed by atoms with Gasteiger partial charge in [-0.25, -0.2) is 0 Å². The number of carbonyl (C=O) groups excluding carboxylic acids is 2. The van der Waals surface area contributed by atoms with E-state index in [1.54, 1.807) is 11.0 Å². The Kier molecular flexibility index (Phi) is 5.19. The number of rotatable bonds is 5. The van der Waals surface area contributed by atoms with Crippen molar-refractivity contribution in [2.75, 3.05) is 19.7 Å². The van der Waals surface area contributed by atoms with E-state index >= 15 is 0 Å². The molecule has 2 amide bonds. The lowest BCUT2D eigenvalue weighted by atomic mass is 9.99. The molecule has 2 N–H and O–H groups in total. The molecule has 0 saturated carbocycles. The van der Waals surface area contributed by atoms with Gasteiger partial charge >= 0.3 is 0 Å². The molecule has 33 heavy (non-hydrogen) atoms. The van der Waals surface area contributed by atoms with Crippen LogP contribution >= 0.6 is 0 Å². The number of likely N-dealkylation sites (tertiary alicyclic amines) is 1. The molecule has 1 saturated heterocycles. The first-order valence-corrected chi connectivity index (χ1v) is 11.2. The third kappa shape index (κ3) is 4.11. The van der Waals surface area contributed by atoms with Crippen molar-refractivity contribution in [3.63, 3.8) is 0 Å². The molecule has 0 aliphatic carbocycles. The molecule has 0 unspecified atom stereocenters. The highest BCUT2D eigenvalue weighted by Crippen LogP contribution is 2.41. The van der Waals surface area contributed by atoms with Crippen LogP contribution < -0.4 is 15.2 Å². The van der Waals surface area contributed by atoms with Gasteiger partial charge in [-0.1, -0.05) is 30.3 Å². The number of carbonyl (C=O) groups is 2. The van der Waals surface area contributed by atoms with Crippen molar-refractivity contribution < 1.29 is 19.1 Å². The lowest BCUT2D eigenvalue weighted by Gasteiger charge is -2.19. The minimum Gasteiger partial charge on any atom is -0.483 e. The summed E-state index contributed by atoms with van der Waals surface area (Å²) in [7, 11) is 0. The van der Waals surface area contributed by atoms with Crippen LogP contribution in [0.5, 0.6) is 11.5 Å². The molecule has 5 rings (SSSR count). The largest absolute Gasteiger partial charge is 0.483 e. The molecule has 7 heteroatoms. The summed E-state index contributed by atoms with van der Waals surface area (Å²) in [6.45, 7) is 5.17. The number of primary amides is 1. The molecular weight excluding hydrogens is 418 g/mol. The van der Waals surface area contributed by atoms with Crippen molar-refractivity contribution in [1.29, 1.82) is 0 Å². The van der Waals surface area contributed by atoms with Gasteiger partial charge in [-0.3, -0.25) is 14.6 Å². The molecule has 2 aliphatic heterocycles. The summed E-state index contributed by atoms with van der Waals surface area (Å²) in [5, 5.41) is 0.744. The standard InChI is InChI=1S/C26H27N3O4/c1-26(2)13-16-6-5-9-22(24(16)33-26)32-15-23(30)29-11-10-17(14-29)21-12-19(25(27)31)18-7-3-4-8-20(18)28-21/h3-9,12,17H,10-11,13-15H2,1-2H3,(H2,27,31)/t17-/m0/s1. The second kappa shape index (κ2) is 8.06. The summed E-state index contributed by atoms with van der Waals surface area (Å²) < 4.78 is 11.9. The second-order valence-electron chi connectivity index (χ2n) is 9.37. The van der Waals surface area contributed by atoms with E-state index in [-0.39, 0.29) is 24.0 Å². The molecule has 7 nitrogen and oxygen atoms in total. The van der Waals surface area contributed by atoms with Gasteiger partial charge in [0.05, 0.1) is 11.1 Å². The van der Waals surface area contributed by atoms with Crippen LogP contribution in [-0.2, 0) is 11.2 Å². The summed E-state index contributed by atoms with van der Waals surface area (Å²) in [6, 6.07) is 15.0. The molecule has 1 aromatic heterocycles. The zero-order chi connectivity index (χ0) is 23.2. The zero-order valence-corrected chi connectivity index (χ0v) is 18.8. The number of ether oxygens (including phenoxy) is 2. The monoisotopic (exact) mass is 445 g/mol. The number of hydrogen-bond acceptors (Lipinski definition) is 5. The summed E-state index contributed by atoms with van der Waals surface area (Å²) >= 11 is 0. The molecule has 1 atom stereocenters. The van der Waals surface area contributed by atoms with E-state index in [1.807, 2.05) is 56.3 Å². The molecule has 3 aromatic rings. The van der Waals surface area contributed by atoms with Gasteiger partial charge < -0.3 is 20.1 Å². The van der Waals surface area contributed by atoms with Crippen molar-refractivity contribution in [3.8, 4) is 11.5 Å². The SMILES string of the molecule is CC1(C)Cc2cccc(OCC(=O)N3CC[C@H](c4cc(C(N)=O)c5ccccc5n4)C3)c2O1. The smallest absolute Gasteiger partial charge is 0.260 e. The molecular formula is C26H27N3O4. The van der Waals surface area contributed by atoms with E-state index in [4.69, 9.17) is 20.2 Å². The van der Waals surface area contributed by atoms with Gasteiger partial charge in [-0.2, -0.15) is 0 Å². The molecule has 0 radical (unpaired) electrons. The Balaban J connectivity index is 1.27. The third-order valence-electron chi connectivity index (χ3n) is 6.37. The van der Waals surface area contributed by atoms with Crippen LogP contribution in [0.4, 0.5) is 0 Å². The first-order valence-electron chi connectivity index (χ1n) is 11.2. The van der Waals surface area contributed by atoms with Crippen LogP contribution in [0.15, 0.2) is 48.5 Å². The fourth-order valence-corrected chi connectivity index (χ4v) is 4.77. The normalized spacial score (nSPS) is 18.7. The Hall–Kier alpha value is -3.61. The Morgan fingerprint density at radius 3 is 2.85 bits per heavy atom. The molecule has 2 aliphatic rings. The van der Waals surface area contributed by atoms with Gasteiger partial charge in [-0.15, -0.1) is 0 Å². The Morgan fingerprint density at radius 2 is 2.03 bits per heavy atom. The topological polar surface area (TPSA) is 94.8 Å². The number of fused-ring (bicyclic) bond motifs is 2. The average Bonchev–Trinajstić information content (AvgIpc) is 3.40. The number of benzene rings is 2. The van der Waals surface area contributed by atoms with E-state index in [0.29, 0.717) is 24.4 Å². The number of para-hydroxylation sites is 2. The van der Waals surface area contributed by atoms with Crippen LogP contribution in [0.3, 0.4) is 0 Å². The first-order chi connectivity index (χ1) is 15.8. The van der Waals surface area contributed by atoms with Crippen LogP contribution in [0.25, 0.3) is 10.9 Å². The van der Waals surface area contributed by atoms with Gasteiger partial charge in [0, 0.05) is 42.1 Å². The van der Waals surface area contributed by atoms with Gasteiger partial charge in [0.2, 0.25) is 5.91 Å². The van der Waals surface area contributed by atoms with E-state index in [1.165, 1.54) is 0 Å². The van der Waals surface area contributed by atoms with Crippen molar-refractivity contribution in [3.05, 3.63) is 65.4 Å². The predicted molar refractivity (Wildman–Crippen MR) is 125 cm³/mol. The number of nitrogens with two attached hydrogens (primary N) is 1. The summed E-state index contributed by atoms with van der Waals surface area (Å²) in [4.78, 5) is 31.4. The molecule has 0 bridgehead atoms. The van der Waals surface area contributed by atoms with Crippen LogP contribution in [0, 0.1) is 0 Å². The number of amides is 2. The maximum absolute atomic E-state index is 12.9. The lowest BCUT2D eigenvalue weighted by Crippen LogP contribution is -2.33. The fourth-order valence-electron chi connectivity index (χ4n) is 4.77. The van der Waals surface area contributed by atoms with Crippen LogP contribution in [-0.4, -0.2) is 47.0 Å². The highest BCUT2D eigenvalue weighted by atomic mass is 16.5. The maximum Gasteiger partial charge on any atom is 0.260 e. The summed E-state index contributed by atoms with van der Waals surface area (Å²) in [5.74, 6) is 0.818. The Morgan fingerprint density at radius 1 is 1.21 bits per heavy atom. The van der Waals surface area contributed by atoms with Gasteiger partial charge in [0.1, 0.15) is 5.60 Å². The molecule has 170 valence electrons. The van der Waals surface area contributed by atoms with E-state index in [9.17, 15) is 9.59 Å². The highest BCUT2D eigenvalue weighted by molar-refractivity contribution is 6.05. The van der Waals surface area contributed by atoms with Gasteiger partial charge in [0.25, 0.3) is 5.91 Å². The van der Waals surface area contributed by atoms with Crippen molar-refractivity contribution in [1.82, 2.24) is 9.88 Å². The molecule has 3 heterocycles. The summed E-state index contributed by atoms with van der Waals surface area (Å²) in [6.07, 6.45) is 1.58. The fraction of sp³-hybridized carbons (Fsp3) is 0.346. The van der Waals surface area contributed by atoms with Crippen molar-refractivity contribution in [2.45, 2.75) is 38.2 Å². The van der Waals surface area contributed by atoms with E-state index in [0.717, 1.165) is 40.8 Å². The highest BCUT2D eigenvalue weighted by Gasteiger charge is 2.33. The quantitative estimate of drug-likeness (QED) is 0.649. The third-order valence-corrected chi connectivity index (χ3v) is 6.37. The van der Waals surface area contributed by atoms with Crippen molar-refractivity contribution in [2.24, 2.45) is 5.73 Å². The minimum atomic E-state index is -0.477. The second-order valence-corrected chi connectivity index (χ2v) is 9.37. The molecule has 0 spiro atoms. The molecule has 2 aromatic carbocycles. The summed E-state index contributed by atoms with van der Waals surface area (Å²) in [5.41, 5.74) is 8.42. The van der Waals surface area contributed by atoms with Gasteiger partial charge in [-0.05, 0) is 38.5 Å². The van der Waals surface area contributed by atoms with E-state index in [2.05, 4.69) is 0 Å². The average molecular weight is 446 g/mol. The number of hydrogen-bond donors (Lipinski definition) is 1. The molecule has 1 fully saturated rings. The van der Waals surface area contributed by atoms with E-state index < -0.39 is 5.91 Å². The zero-order valence-electron chi connectivity index (χ0n) is 18.8. The Bertz CT molecular complexity index is 1250. The lowest BCUT2D eigenvalue weighted by molar-refractivity contribution is -0.132. The Labute approximate surface area is 192 Å². The number of nitrogens with zero attached hydrogens (tertiary/aromatic N) is 2. The number of aromatic nitrogens is 1. The number of pyridine rings is 1.